The number of benzene rings is 2. The number of aromatic nitrogens is 5. The van der Waals surface area contributed by atoms with Crippen molar-refractivity contribution in [3.05, 3.63) is 65.7 Å². The molecule has 0 radical (unpaired) electrons. The van der Waals surface area contributed by atoms with Crippen LogP contribution in [0.2, 0.25) is 0 Å². The number of nitrogens with zero attached hydrogens (tertiary/aromatic N) is 5. The van der Waals surface area contributed by atoms with Gasteiger partial charge in [0.15, 0.2) is 9.84 Å². The minimum Gasteiger partial charge on any atom is -0.467 e. The smallest absolute Gasteiger partial charge is 0.344 e. The number of hydrogen-bond donors (Lipinski definition) is 1. The minimum absolute atomic E-state index is 0.00676. The molecule has 0 spiro atoms. The van der Waals surface area contributed by atoms with E-state index in [1.807, 2.05) is 6.07 Å². The van der Waals surface area contributed by atoms with E-state index < -0.39 is 15.8 Å². The molecule has 4 aromatic rings. The monoisotopic (exact) mass is 510 g/mol. The van der Waals surface area contributed by atoms with Gasteiger partial charge in [-0.05, 0) is 17.7 Å². The van der Waals surface area contributed by atoms with Gasteiger partial charge in [-0.3, -0.25) is 0 Å². The van der Waals surface area contributed by atoms with E-state index in [0.717, 1.165) is 6.26 Å². The maximum atomic E-state index is 13.2. The lowest BCUT2D eigenvalue weighted by Crippen LogP contribution is -2.12. The molecule has 4 rings (SSSR count). The summed E-state index contributed by atoms with van der Waals surface area (Å²) in [6.07, 6.45) is 1.12. The third-order valence-corrected chi connectivity index (χ3v) is 6.16. The second kappa shape index (κ2) is 10.00. The number of anilines is 1. The number of hydrogen-bond acceptors (Lipinski definition) is 11. The molecule has 0 unspecified atom stereocenters. The maximum Gasteiger partial charge on any atom is 0.344 e. The second-order valence-corrected chi connectivity index (χ2v) is 9.50. The van der Waals surface area contributed by atoms with Crippen LogP contribution in [0.5, 0.6) is 12.0 Å². The van der Waals surface area contributed by atoms with Crippen LogP contribution in [-0.4, -0.2) is 59.6 Å². The number of ether oxygens (including phenoxy) is 3. The standard InChI is InChI=1S/C23H22N6O6S/c1-33-22-25-21(26-23(27-22)34-2)29-19(24)17(18(28-29)15-7-5-4-6-8-15)20(30)35-13-14-9-11-16(12-10-14)36(3,31)32/h4-12H,13,24H2,1-3H3. The third-order valence-electron chi connectivity index (χ3n) is 5.03. The molecular formula is C23H22N6O6S. The normalized spacial score (nSPS) is 11.2. The summed E-state index contributed by atoms with van der Waals surface area (Å²) in [5.41, 5.74) is 7.81. The number of esters is 1. The van der Waals surface area contributed by atoms with E-state index in [1.54, 1.807) is 36.4 Å². The van der Waals surface area contributed by atoms with Crippen molar-refractivity contribution in [2.75, 3.05) is 26.2 Å². The molecule has 0 aliphatic carbocycles. The van der Waals surface area contributed by atoms with Crippen molar-refractivity contribution in [1.82, 2.24) is 24.7 Å². The fourth-order valence-corrected chi connectivity index (χ4v) is 3.87. The summed E-state index contributed by atoms with van der Waals surface area (Å²) < 4.78 is 40.2. The lowest BCUT2D eigenvalue weighted by molar-refractivity contribution is 0.0475. The molecule has 0 aliphatic heterocycles. The Morgan fingerprint density at radius 3 is 2.11 bits per heavy atom. The zero-order valence-electron chi connectivity index (χ0n) is 19.6. The highest BCUT2D eigenvalue weighted by Crippen LogP contribution is 2.30. The topological polar surface area (TPSA) is 161 Å². The first-order valence-corrected chi connectivity index (χ1v) is 12.3. The van der Waals surface area contributed by atoms with Gasteiger partial charge >= 0.3 is 18.0 Å². The lowest BCUT2D eigenvalue weighted by atomic mass is 10.1. The molecule has 12 nitrogen and oxygen atoms in total. The third kappa shape index (κ3) is 5.10. The number of sulfone groups is 1. The number of carbonyl (C=O) groups excluding carboxylic acids is 1. The molecule has 2 aromatic carbocycles. The van der Waals surface area contributed by atoms with Gasteiger partial charge in [0.2, 0.25) is 0 Å². The largest absolute Gasteiger partial charge is 0.467 e. The lowest BCUT2D eigenvalue weighted by Gasteiger charge is -2.08. The van der Waals surface area contributed by atoms with E-state index in [1.165, 1.54) is 31.0 Å². The van der Waals surface area contributed by atoms with Crippen LogP contribution >= 0.6 is 0 Å². The van der Waals surface area contributed by atoms with Gasteiger partial charge in [-0.15, -0.1) is 4.98 Å². The Labute approximate surface area is 206 Å². The Bertz CT molecular complexity index is 1480. The number of nitrogen functional groups attached to an aromatic ring is 1. The second-order valence-electron chi connectivity index (χ2n) is 7.49. The molecule has 2 N–H and O–H groups in total. The molecule has 2 aromatic heterocycles. The number of nitrogens with two attached hydrogens (primary N) is 1. The molecule has 0 amide bonds. The van der Waals surface area contributed by atoms with Gasteiger partial charge in [-0.25, -0.2) is 13.2 Å². The maximum absolute atomic E-state index is 13.2. The van der Waals surface area contributed by atoms with Gasteiger partial charge in [0.25, 0.3) is 5.95 Å². The first-order valence-electron chi connectivity index (χ1n) is 10.5. The minimum atomic E-state index is -3.34. The Kier molecular flexibility index (Phi) is 6.83. The Hall–Kier alpha value is -4.52. The zero-order chi connectivity index (χ0) is 25.9. The molecule has 0 saturated heterocycles. The Morgan fingerprint density at radius 1 is 0.944 bits per heavy atom. The number of carbonyl (C=O) groups is 1. The van der Waals surface area contributed by atoms with Crippen molar-refractivity contribution < 1.29 is 27.4 Å². The molecule has 2 heterocycles. The summed E-state index contributed by atoms with van der Waals surface area (Å²) in [4.78, 5) is 25.6. The molecule has 0 saturated carbocycles. The molecule has 0 bridgehead atoms. The van der Waals surface area contributed by atoms with Gasteiger partial charge in [0.05, 0.1) is 19.1 Å². The van der Waals surface area contributed by atoms with E-state index in [0.29, 0.717) is 11.1 Å². The summed E-state index contributed by atoms with van der Waals surface area (Å²) >= 11 is 0. The average molecular weight is 511 g/mol. The van der Waals surface area contributed by atoms with Crippen LogP contribution in [0.4, 0.5) is 5.82 Å². The molecule has 0 atom stereocenters. The van der Waals surface area contributed by atoms with Crippen LogP contribution in [0.3, 0.4) is 0 Å². The highest BCUT2D eigenvalue weighted by Gasteiger charge is 2.27. The SMILES string of the molecule is COc1nc(OC)nc(-n2nc(-c3ccccc3)c(C(=O)OCc3ccc(S(C)(=O)=O)cc3)c2N)n1. The van der Waals surface area contributed by atoms with Gasteiger partial charge in [0.1, 0.15) is 23.7 Å². The van der Waals surface area contributed by atoms with Crippen LogP contribution in [-0.2, 0) is 21.2 Å². The van der Waals surface area contributed by atoms with Crippen LogP contribution in [0.1, 0.15) is 15.9 Å². The van der Waals surface area contributed by atoms with Crippen molar-refractivity contribution in [2.45, 2.75) is 11.5 Å². The van der Waals surface area contributed by atoms with E-state index in [-0.39, 0.29) is 46.5 Å². The van der Waals surface area contributed by atoms with Gasteiger partial charge in [-0.1, -0.05) is 42.5 Å². The summed E-state index contributed by atoms with van der Waals surface area (Å²) in [6.45, 7) is -0.116. The molecule has 0 aliphatic rings. The molecule has 36 heavy (non-hydrogen) atoms. The molecule has 186 valence electrons. The van der Waals surface area contributed by atoms with E-state index in [2.05, 4.69) is 20.1 Å². The Morgan fingerprint density at radius 2 is 1.56 bits per heavy atom. The fourth-order valence-electron chi connectivity index (χ4n) is 3.24. The van der Waals surface area contributed by atoms with Crippen molar-refractivity contribution >= 4 is 21.6 Å². The summed E-state index contributed by atoms with van der Waals surface area (Å²) in [5.74, 6) is -0.830. The predicted octanol–water partition coefficient (Wildman–Crippen LogP) is 2.08. The molecular weight excluding hydrogens is 488 g/mol. The quantitative estimate of drug-likeness (QED) is 0.345. The van der Waals surface area contributed by atoms with Crippen molar-refractivity contribution in [3.63, 3.8) is 0 Å². The van der Waals surface area contributed by atoms with Gasteiger partial charge in [-0.2, -0.15) is 19.7 Å². The van der Waals surface area contributed by atoms with Gasteiger partial charge in [0, 0.05) is 11.8 Å². The van der Waals surface area contributed by atoms with Crippen LogP contribution < -0.4 is 15.2 Å². The predicted molar refractivity (Wildman–Crippen MR) is 129 cm³/mol. The average Bonchev–Trinajstić information content (AvgIpc) is 3.24. The highest BCUT2D eigenvalue weighted by molar-refractivity contribution is 7.90. The van der Waals surface area contributed by atoms with Crippen LogP contribution in [0.25, 0.3) is 17.2 Å². The fraction of sp³-hybridized carbons (Fsp3) is 0.174. The first-order chi connectivity index (χ1) is 17.2. The molecule has 0 fully saturated rings. The highest BCUT2D eigenvalue weighted by atomic mass is 32.2. The Balaban J connectivity index is 1.71. The number of methoxy groups -OCH3 is 2. The first kappa shape index (κ1) is 24.6. The summed E-state index contributed by atoms with van der Waals surface area (Å²) in [7, 11) is -0.578. The summed E-state index contributed by atoms with van der Waals surface area (Å²) in [5, 5.41) is 4.48. The van der Waals surface area contributed by atoms with Crippen molar-refractivity contribution in [1.29, 1.82) is 0 Å². The van der Waals surface area contributed by atoms with Crippen molar-refractivity contribution in [2.24, 2.45) is 0 Å². The van der Waals surface area contributed by atoms with Crippen LogP contribution in [0.15, 0.2) is 59.5 Å². The van der Waals surface area contributed by atoms with Gasteiger partial charge < -0.3 is 19.9 Å². The van der Waals surface area contributed by atoms with Crippen LogP contribution in [0, 0.1) is 0 Å². The van der Waals surface area contributed by atoms with E-state index in [4.69, 9.17) is 19.9 Å². The molecule has 13 heteroatoms. The summed E-state index contributed by atoms with van der Waals surface area (Å²) in [6, 6.07) is 14.9. The van der Waals surface area contributed by atoms with Crippen molar-refractivity contribution in [3.8, 4) is 29.2 Å². The van der Waals surface area contributed by atoms with E-state index in [9.17, 15) is 13.2 Å². The number of rotatable bonds is 8. The zero-order valence-corrected chi connectivity index (χ0v) is 20.4. The van der Waals surface area contributed by atoms with E-state index >= 15 is 0 Å².